The van der Waals surface area contributed by atoms with Gasteiger partial charge in [0.05, 0.1) is 12.6 Å². The minimum absolute atomic E-state index is 0.0211. The molecule has 3 nitrogen and oxygen atoms in total. The van der Waals surface area contributed by atoms with Gasteiger partial charge in [0.25, 0.3) is 5.70 Å². The van der Waals surface area contributed by atoms with Crippen LogP contribution in [-0.2, 0) is 0 Å². The van der Waals surface area contributed by atoms with E-state index in [-0.39, 0.29) is 22.4 Å². The summed E-state index contributed by atoms with van der Waals surface area (Å²) >= 11 is 0. The number of hydrogen-bond acceptors (Lipinski definition) is 2. The van der Waals surface area contributed by atoms with Crippen molar-refractivity contribution < 1.29 is 13.6 Å². The maximum absolute atomic E-state index is 13.2. The van der Waals surface area contributed by atoms with Gasteiger partial charge in [-0.3, -0.25) is 4.79 Å². The summed E-state index contributed by atoms with van der Waals surface area (Å²) in [5.74, 6) is -3.35. The second-order valence-electron chi connectivity index (χ2n) is 3.88. The van der Waals surface area contributed by atoms with Crippen molar-refractivity contribution in [3.05, 3.63) is 52.0 Å². The molecule has 1 aliphatic rings. The van der Waals surface area contributed by atoms with Gasteiger partial charge in [-0.05, 0) is 23.3 Å². The van der Waals surface area contributed by atoms with Crippen LogP contribution >= 0.6 is 0 Å². The molecule has 0 aromatic heterocycles. The molecule has 0 aliphatic heterocycles. The van der Waals surface area contributed by atoms with Crippen LogP contribution in [0.25, 0.3) is 10.4 Å². The average molecular weight is 244 g/mol. The zero-order chi connectivity index (χ0) is 13.4. The van der Waals surface area contributed by atoms with E-state index in [4.69, 9.17) is 11.8 Å². The van der Waals surface area contributed by atoms with Crippen molar-refractivity contribution in [2.75, 3.05) is 0 Å². The number of carbonyl (C=O) groups is 1. The molecule has 0 radical (unpaired) electrons. The van der Waals surface area contributed by atoms with Crippen LogP contribution in [-0.4, -0.2) is 5.78 Å². The van der Waals surface area contributed by atoms with Gasteiger partial charge in [-0.2, -0.15) is 0 Å². The largest absolute Gasteiger partial charge is 0.294 e. The van der Waals surface area contributed by atoms with Crippen LogP contribution in [0.15, 0.2) is 17.8 Å². The smallest absolute Gasteiger partial charge is 0.266 e. The number of nitrogens with zero attached hydrogens (tertiary/aromatic N) is 2. The molecule has 1 aliphatic carbocycles. The second-order valence-corrected chi connectivity index (χ2v) is 3.88. The van der Waals surface area contributed by atoms with Gasteiger partial charge in [-0.25, -0.2) is 18.9 Å². The van der Waals surface area contributed by atoms with Gasteiger partial charge in [0.15, 0.2) is 17.4 Å². The molecule has 0 saturated heterocycles. The quantitative estimate of drug-likeness (QED) is 0.520. The standard InChI is InChI=1S/C13H6F2N2O/c1-6-12(11(5-16)17-2)7-3-9(14)10(15)4-8(7)13(6)18/h3-4,6H,1H3/b12-11+. The number of carbonyl (C=O) groups excluding carboxylic acids is 1. The first kappa shape index (κ1) is 11.9. The molecule has 1 aromatic rings. The Morgan fingerprint density at radius 2 is 1.94 bits per heavy atom. The van der Waals surface area contributed by atoms with E-state index in [1.807, 2.05) is 0 Å². The SMILES string of the molecule is [C-]#[N+]/C(C#N)=C1/c2cc(F)c(F)cc2C(=O)C1C. The first-order valence-electron chi connectivity index (χ1n) is 5.06. The molecule has 1 unspecified atom stereocenters. The lowest BCUT2D eigenvalue weighted by molar-refractivity contribution is 0.0965. The number of nitriles is 1. The molecule has 2 rings (SSSR count). The Morgan fingerprint density at radius 3 is 2.44 bits per heavy atom. The molecular weight excluding hydrogens is 238 g/mol. The zero-order valence-electron chi connectivity index (χ0n) is 9.29. The third-order valence-corrected chi connectivity index (χ3v) is 2.92. The summed E-state index contributed by atoms with van der Waals surface area (Å²) in [5.41, 5.74) is 0.0683. The Hall–Kier alpha value is -2.53. The number of rotatable bonds is 0. The molecule has 0 amide bonds. The Bertz CT molecular complexity index is 661. The molecule has 18 heavy (non-hydrogen) atoms. The summed E-state index contributed by atoms with van der Waals surface area (Å²) in [6.45, 7) is 8.39. The third kappa shape index (κ3) is 1.49. The molecule has 0 heterocycles. The first-order valence-corrected chi connectivity index (χ1v) is 5.06. The zero-order valence-corrected chi connectivity index (χ0v) is 9.29. The third-order valence-electron chi connectivity index (χ3n) is 2.92. The summed E-state index contributed by atoms with van der Waals surface area (Å²) in [7, 11) is 0. The molecule has 0 bridgehead atoms. The van der Waals surface area contributed by atoms with Crippen LogP contribution in [0.3, 0.4) is 0 Å². The van der Waals surface area contributed by atoms with E-state index in [0.717, 1.165) is 12.1 Å². The summed E-state index contributed by atoms with van der Waals surface area (Å²) < 4.78 is 26.3. The van der Waals surface area contributed by atoms with Crippen molar-refractivity contribution in [1.29, 1.82) is 5.26 Å². The molecule has 0 saturated carbocycles. The van der Waals surface area contributed by atoms with E-state index in [0.29, 0.717) is 0 Å². The minimum Gasteiger partial charge on any atom is -0.294 e. The molecular formula is C13H6F2N2O. The average Bonchev–Trinajstić information content (AvgIpc) is 2.57. The second kappa shape index (κ2) is 4.05. The molecule has 0 fully saturated rings. The van der Waals surface area contributed by atoms with E-state index in [2.05, 4.69) is 4.85 Å². The van der Waals surface area contributed by atoms with E-state index >= 15 is 0 Å². The van der Waals surface area contributed by atoms with Crippen molar-refractivity contribution in [2.45, 2.75) is 6.92 Å². The van der Waals surface area contributed by atoms with Gasteiger partial charge in [0, 0.05) is 11.5 Å². The Morgan fingerprint density at radius 1 is 1.39 bits per heavy atom. The lowest BCUT2D eigenvalue weighted by Crippen LogP contribution is -2.04. The van der Waals surface area contributed by atoms with E-state index in [9.17, 15) is 13.6 Å². The fourth-order valence-corrected chi connectivity index (χ4v) is 2.05. The number of fused-ring (bicyclic) bond motifs is 1. The number of halogens is 2. The van der Waals surface area contributed by atoms with Gasteiger partial charge in [-0.1, -0.05) is 6.92 Å². The summed E-state index contributed by atoms with van der Waals surface area (Å²) in [5, 5.41) is 8.84. The summed E-state index contributed by atoms with van der Waals surface area (Å²) in [6.07, 6.45) is 0. The van der Waals surface area contributed by atoms with Crippen LogP contribution in [0.5, 0.6) is 0 Å². The van der Waals surface area contributed by atoms with E-state index < -0.39 is 23.3 Å². The predicted molar refractivity (Wildman–Crippen MR) is 59.0 cm³/mol. The topological polar surface area (TPSA) is 45.2 Å². The van der Waals surface area contributed by atoms with Crippen LogP contribution in [0, 0.1) is 35.5 Å². The number of allylic oxidation sites excluding steroid dienone is 2. The molecule has 5 heteroatoms. The Balaban J connectivity index is 2.83. The van der Waals surface area contributed by atoms with Gasteiger partial charge >= 0.3 is 0 Å². The molecule has 88 valence electrons. The maximum atomic E-state index is 13.2. The van der Waals surface area contributed by atoms with Crippen molar-refractivity contribution in [2.24, 2.45) is 5.92 Å². The highest BCUT2D eigenvalue weighted by Gasteiger charge is 2.35. The van der Waals surface area contributed by atoms with E-state index in [1.165, 1.54) is 6.92 Å². The predicted octanol–water partition coefficient (Wildman–Crippen LogP) is 2.95. The van der Waals surface area contributed by atoms with Crippen molar-refractivity contribution in [3.63, 3.8) is 0 Å². The molecule has 0 N–H and O–H groups in total. The summed E-state index contributed by atoms with van der Waals surface area (Å²) in [6, 6.07) is 3.36. The lowest BCUT2D eigenvalue weighted by atomic mass is 9.99. The minimum atomic E-state index is -1.11. The van der Waals surface area contributed by atoms with Gasteiger partial charge in [-0.15, -0.1) is 0 Å². The van der Waals surface area contributed by atoms with Crippen molar-refractivity contribution in [1.82, 2.24) is 0 Å². The fraction of sp³-hybridized carbons (Fsp3) is 0.154. The molecule has 0 spiro atoms. The Labute approximate surface area is 102 Å². The van der Waals surface area contributed by atoms with Gasteiger partial charge in [0.1, 0.15) is 0 Å². The number of hydrogen-bond donors (Lipinski definition) is 0. The fourth-order valence-electron chi connectivity index (χ4n) is 2.05. The number of benzene rings is 1. The lowest BCUT2D eigenvalue weighted by Gasteiger charge is -2.04. The highest BCUT2D eigenvalue weighted by atomic mass is 19.2. The Kier molecular flexibility index (Phi) is 2.68. The van der Waals surface area contributed by atoms with Crippen molar-refractivity contribution in [3.8, 4) is 6.07 Å². The molecule has 1 aromatic carbocycles. The normalized spacial score (nSPS) is 20.1. The first-order chi connectivity index (χ1) is 8.51. The van der Waals surface area contributed by atoms with Crippen molar-refractivity contribution >= 4 is 11.4 Å². The van der Waals surface area contributed by atoms with Crippen LogP contribution < -0.4 is 0 Å². The van der Waals surface area contributed by atoms with Crippen LogP contribution in [0.2, 0.25) is 0 Å². The number of Topliss-reactive ketones (excluding diaryl/α,β-unsaturated/α-hetero) is 1. The van der Waals surface area contributed by atoms with Crippen LogP contribution in [0.1, 0.15) is 22.8 Å². The van der Waals surface area contributed by atoms with Gasteiger partial charge in [0.2, 0.25) is 0 Å². The monoisotopic (exact) mass is 244 g/mol. The molecule has 1 atom stereocenters. The maximum Gasteiger partial charge on any atom is 0.266 e. The van der Waals surface area contributed by atoms with Gasteiger partial charge < -0.3 is 0 Å². The highest BCUT2D eigenvalue weighted by molar-refractivity contribution is 6.14. The number of ketones is 1. The van der Waals surface area contributed by atoms with Crippen LogP contribution in [0.4, 0.5) is 8.78 Å². The highest BCUT2D eigenvalue weighted by Crippen LogP contribution is 2.40. The van der Waals surface area contributed by atoms with E-state index in [1.54, 1.807) is 6.07 Å². The summed E-state index contributed by atoms with van der Waals surface area (Å²) in [4.78, 5) is 14.9.